The Morgan fingerprint density at radius 3 is 2.52 bits per heavy atom. The zero-order chi connectivity index (χ0) is 19.9. The summed E-state index contributed by atoms with van der Waals surface area (Å²) in [7, 11) is 0. The Morgan fingerprint density at radius 2 is 1.93 bits per heavy atom. The third kappa shape index (κ3) is 2.58. The first kappa shape index (κ1) is 17.3. The van der Waals surface area contributed by atoms with Crippen molar-refractivity contribution in [2.24, 2.45) is 5.92 Å². The van der Waals surface area contributed by atoms with Gasteiger partial charge in [0.1, 0.15) is 11.6 Å². The third-order valence-corrected chi connectivity index (χ3v) is 6.73. The van der Waals surface area contributed by atoms with Gasteiger partial charge in [-0.3, -0.25) is 0 Å². The molecule has 1 saturated carbocycles. The number of hydrogen-bond donors (Lipinski definition) is 2. The molecule has 2 atom stereocenters. The lowest BCUT2D eigenvalue weighted by atomic mass is 9.86. The molecule has 6 heterocycles. The maximum Gasteiger partial charge on any atom is 0.419 e. The minimum atomic E-state index is -4.57. The summed E-state index contributed by atoms with van der Waals surface area (Å²) in [5.41, 5.74) is 5.28. The van der Waals surface area contributed by atoms with E-state index in [4.69, 9.17) is 10.7 Å². The largest absolute Gasteiger partial charge is 0.419 e. The number of nitrogens with zero attached hydrogens (tertiary/aromatic N) is 5. The van der Waals surface area contributed by atoms with Crippen LogP contribution in [0.2, 0.25) is 0 Å². The molecule has 0 spiro atoms. The van der Waals surface area contributed by atoms with Crippen molar-refractivity contribution >= 4 is 17.6 Å². The smallest absolute Gasteiger partial charge is 0.383 e. The van der Waals surface area contributed by atoms with Gasteiger partial charge in [-0.05, 0) is 24.8 Å². The van der Waals surface area contributed by atoms with Gasteiger partial charge in [-0.15, -0.1) is 0 Å². The molecule has 1 unspecified atom stereocenters. The molecular formula is C19H20F3N7. The van der Waals surface area contributed by atoms with Gasteiger partial charge in [0.15, 0.2) is 0 Å². The molecule has 7 rings (SSSR count). The average Bonchev–Trinajstić information content (AvgIpc) is 3.24. The van der Waals surface area contributed by atoms with Gasteiger partial charge >= 0.3 is 6.18 Å². The van der Waals surface area contributed by atoms with Crippen LogP contribution in [-0.4, -0.2) is 52.7 Å². The summed E-state index contributed by atoms with van der Waals surface area (Å²) in [5.74, 6) is 1.52. The quantitative estimate of drug-likeness (QED) is 0.810. The number of piperazine rings is 1. The zero-order valence-corrected chi connectivity index (χ0v) is 15.5. The van der Waals surface area contributed by atoms with E-state index in [0.29, 0.717) is 41.2 Å². The normalized spacial score (nSPS) is 29.8. The predicted molar refractivity (Wildman–Crippen MR) is 101 cm³/mol. The Labute approximate surface area is 165 Å². The van der Waals surface area contributed by atoms with E-state index >= 15 is 0 Å². The van der Waals surface area contributed by atoms with Crippen LogP contribution in [0.1, 0.15) is 18.4 Å². The lowest BCUT2D eigenvalue weighted by Gasteiger charge is -2.56. The number of fused-ring (bicyclic) bond motifs is 2. The van der Waals surface area contributed by atoms with Gasteiger partial charge in [-0.1, -0.05) is 0 Å². The van der Waals surface area contributed by atoms with Crippen molar-refractivity contribution in [1.82, 2.24) is 20.3 Å². The van der Waals surface area contributed by atoms with Gasteiger partial charge in [0.25, 0.3) is 0 Å². The molecule has 10 heteroatoms. The Bertz CT molecular complexity index is 988. The van der Waals surface area contributed by atoms with E-state index in [1.165, 1.54) is 6.20 Å². The lowest BCUT2D eigenvalue weighted by Crippen LogP contribution is -2.78. The lowest BCUT2D eigenvalue weighted by molar-refractivity contribution is -0.137. The predicted octanol–water partition coefficient (Wildman–Crippen LogP) is 1.90. The van der Waals surface area contributed by atoms with E-state index < -0.39 is 17.6 Å². The summed E-state index contributed by atoms with van der Waals surface area (Å²) in [6, 6.07) is 4.12. The van der Waals surface area contributed by atoms with Gasteiger partial charge in [-0.2, -0.15) is 18.2 Å². The number of halogens is 3. The van der Waals surface area contributed by atoms with Crippen molar-refractivity contribution in [3.63, 3.8) is 0 Å². The molecule has 2 aromatic heterocycles. The molecule has 4 saturated heterocycles. The molecule has 0 amide bonds. The fraction of sp³-hybridized carbons (Fsp3) is 0.526. The Balaban J connectivity index is 1.43. The maximum absolute atomic E-state index is 13.3. The molecule has 3 N–H and O–H groups in total. The van der Waals surface area contributed by atoms with Gasteiger partial charge < -0.3 is 20.9 Å². The summed E-state index contributed by atoms with van der Waals surface area (Å²) < 4.78 is 40.0. The molecule has 152 valence electrons. The van der Waals surface area contributed by atoms with Crippen molar-refractivity contribution in [2.75, 3.05) is 35.2 Å². The molecule has 2 bridgehead atoms. The number of nitrogens with two attached hydrogens (primary N) is 1. The highest BCUT2D eigenvalue weighted by Crippen LogP contribution is 2.43. The second-order valence-corrected chi connectivity index (χ2v) is 8.44. The first-order chi connectivity index (χ1) is 13.9. The zero-order valence-electron chi connectivity index (χ0n) is 15.5. The molecule has 0 radical (unpaired) electrons. The van der Waals surface area contributed by atoms with Crippen molar-refractivity contribution in [1.29, 1.82) is 0 Å². The number of anilines is 3. The summed E-state index contributed by atoms with van der Waals surface area (Å²) in [4.78, 5) is 17.6. The molecule has 5 fully saturated rings. The van der Waals surface area contributed by atoms with Crippen molar-refractivity contribution in [3.8, 4) is 11.3 Å². The number of hydrogen-bond acceptors (Lipinski definition) is 7. The Kier molecular flexibility index (Phi) is 3.40. The van der Waals surface area contributed by atoms with Crippen LogP contribution in [0.25, 0.3) is 11.3 Å². The third-order valence-electron chi connectivity index (χ3n) is 6.73. The van der Waals surface area contributed by atoms with Crippen LogP contribution < -0.4 is 20.9 Å². The van der Waals surface area contributed by atoms with Crippen LogP contribution in [0.4, 0.5) is 30.8 Å². The monoisotopic (exact) mass is 403 g/mol. The van der Waals surface area contributed by atoms with E-state index in [1.807, 2.05) is 0 Å². The molecule has 1 aliphatic carbocycles. The average molecular weight is 403 g/mol. The summed E-state index contributed by atoms with van der Waals surface area (Å²) in [6.45, 7) is 2.66. The number of pyridine rings is 1. The van der Waals surface area contributed by atoms with Gasteiger partial charge in [0, 0.05) is 49.5 Å². The van der Waals surface area contributed by atoms with Gasteiger partial charge in [0.2, 0.25) is 5.95 Å². The molecule has 4 aliphatic heterocycles. The van der Waals surface area contributed by atoms with Crippen LogP contribution in [0.15, 0.2) is 18.3 Å². The van der Waals surface area contributed by atoms with Crippen molar-refractivity contribution in [3.05, 3.63) is 23.9 Å². The second kappa shape index (κ2) is 5.71. The summed E-state index contributed by atoms with van der Waals surface area (Å²) in [5, 5.41) is 3.36. The number of rotatable bonds is 3. The van der Waals surface area contributed by atoms with Crippen molar-refractivity contribution < 1.29 is 13.2 Å². The first-order valence-corrected chi connectivity index (χ1v) is 9.85. The van der Waals surface area contributed by atoms with Gasteiger partial charge in [-0.25, -0.2) is 9.97 Å². The second-order valence-electron chi connectivity index (χ2n) is 8.44. The molecule has 7 nitrogen and oxygen atoms in total. The van der Waals surface area contributed by atoms with E-state index in [9.17, 15) is 13.2 Å². The first-order valence-electron chi connectivity index (χ1n) is 9.85. The number of aromatic nitrogens is 3. The summed E-state index contributed by atoms with van der Waals surface area (Å²) in [6.07, 6.45) is -0.926. The molecule has 5 aliphatic rings. The molecule has 0 aromatic carbocycles. The van der Waals surface area contributed by atoms with Crippen LogP contribution in [0.3, 0.4) is 0 Å². The van der Waals surface area contributed by atoms with Crippen LogP contribution in [-0.2, 0) is 6.18 Å². The SMILES string of the molecule is Nc1ncc(-c2cc(N3CC4NC[C@H]43)nc(N3CC4CC3C4)n2)cc1C(F)(F)F. The fourth-order valence-electron chi connectivity index (χ4n) is 4.84. The highest BCUT2D eigenvalue weighted by atomic mass is 19.4. The minimum Gasteiger partial charge on any atom is -0.383 e. The van der Waals surface area contributed by atoms with Crippen LogP contribution in [0, 0.1) is 5.92 Å². The fourth-order valence-corrected chi connectivity index (χ4v) is 4.84. The molecule has 29 heavy (non-hydrogen) atoms. The van der Waals surface area contributed by atoms with Gasteiger partial charge in [0.05, 0.1) is 17.3 Å². The highest BCUT2D eigenvalue weighted by molar-refractivity contribution is 5.68. The number of nitrogen functional groups attached to an aromatic ring is 1. The topological polar surface area (TPSA) is 83.2 Å². The number of nitrogens with one attached hydrogen (secondary N) is 1. The van der Waals surface area contributed by atoms with Crippen LogP contribution >= 0.6 is 0 Å². The highest BCUT2D eigenvalue weighted by Gasteiger charge is 2.47. The van der Waals surface area contributed by atoms with Crippen molar-refractivity contribution in [2.45, 2.75) is 37.1 Å². The van der Waals surface area contributed by atoms with E-state index in [2.05, 4.69) is 25.1 Å². The minimum absolute atomic E-state index is 0.298. The molecule has 2 aromatic rings. The van der Waals surface area contributed by atoms with E-state index in [0.717, 1.165) is 44.4 Å². The molecular weight excluding hydrogens is 383 g/mol. The Hall–Kier alpha value is -2.62. The Morgan fingerprint density at radius 1 is 1.10 bits per heavy atom. The van der Waals surface area contributed by atoms with E-state index in [1.54, 1.807) is 6.07 Å². The van der Waals surface area contributed by atoms with Crippen LogP contribution in [0.5, 0.6) is 0 Å². The maximum atomic E-state index is 13.3. The van der Waals surface area contributed by atoms with E-state index in [-0.39, 0.29) is 0 Å². The standard InChI is InChI=1S/C19H20F3N7/c20-19(21,22)12-3-10(5-25-17(12)23)13-4-16(29-8-14-15(29)6-24-14)27-18(26-13)28-7-9-1-11(28)2-9/h3-5,9,11,14-15,24H,1-2,6-8H2,(H2,23,25)/t9?,11?,14?,15-/m1/s1. The number of alkyl halides is 3. The summed E-state index contributed by atoms with van der Waals surface area (Å²) >= 11 is 0.